The van der Waals surface area contributed by atoms with Gasteiger partial charge >= 0.3 is 0 Å². The average Bonchev–Trinajstić information content (AvgIpc) is 2.84. The van der Waals surface area contributed by atoms with E-state index < -0.39 is 10.8 Å². The van der Waals surface area contributed by atoms with Gasteiger partial charge in [-0.1, -0.05) is 0 Å². The zero-order valence-electron chi connectivity index (χ0n) is 9.95. The summed E-state index contributed by atoms with van der Waals surface area (Å²) in [5.74, 6) is 0.00245. The second-order valence-electron chi connectivity index (χ2n) is 3.64. The van der Waals surface area contributed by atoms with Crippen molar-refractivity contribution >= 4 is 33.7 Å². The van der Waals surface area contributed by atoms with Crippen molar-refractivity contribution in [2.45, 2.75) is 0 Å². The van der Waals surface area contributed by atoms with E-state index in [-0.39, 0.29) is 11.3 Å². The molecule has 0 aliphatic heterocycles. The van der Waals surface area contributed by atoms with Gasteiger partial charge in [0.2, 0.25) is 0 Å². The molecule has 2 aromatic rings. The Labute approximate surface area is 121 Å². The van der Waals surface area contributed by atoms with E-state index in [1.54, 1.807) is 12.1 Å². The van der Waals surface area contributed by atoms with Crippen molar-refractivity contribution in [3.63, 3.8) is 0 Å². The van der Waals surface area contributed by atoms with Gasteiger partial charge in [-0.15, -0.1) is 0 Å². The van der Waals surface area contributed by atoms with Crippen molar-refractivity contribution in [3.05, 3.63) is 62.5 Å². The normalized spacial score (nSPS) is 10.7. The molecule has 0 radical (unpaired) electrons. The molecule has 2 rings (SSSR count). The zero-order chi connectivity index (χ0) is 14.5. The van der Waals surface area contributed by atoms with Gasteiger partial charge in [-0.25, -0.2) is 5.43 Å². The van der Waals surface area contributed by atoms with Crippen LogP contribution in [-0.2, 0) is 0 Å². The van der Waals surface area contributed by atoms with Crippen molar-refractivity contribution in [3.8, 4) is 0 Å². The van der Waals surface area contributed by atoms with Gasteiger partial charge in [0.15, 0.2) is 4.67 Å². The van der Waals surface area contributed by atoms with Crippen molar-refractivity contribution in [1.29, 1.82) is 0 Å². The lowest BCUT2D eigenvalue weighted by Crippen LogP contribution is -2.17. The second-order valence-corrected chi connectivity index (χ2v) is 4.43. The third-order valence-corrected chi connectivity index (χ3v) is 2.72. The topological polar surface area (TPSA) is 97.7 Å². The summed E-state index contributed by atoms with van der Waals surface area (Å²) in [6.45, 7) is 0. The Bertz CT molecular complexity index is 664. The lowest BCUT2D eigenvalue weighted by atomic mass is 10.2. The number of hydrazone groups is 1. The number of hydrogen-bond donors (Lipinski definition) is 1. The summed E-state index contributed by atoms with van der Waals surface area (Å²) in [6, 6.07) is 8.58. The molecule has 0 saturated carbocycles. The number of furan rings is 1. The number of nitrogens with one attached hydrogen (secondary N) is 1. The number of carbonyl (C=O) groups is 1. The largest absolute Gasteiger partial charge is 0.448 e. The van der Waals surface area contributed by atoms with Gasteiger partial charge in [-0.05, 0) is 40.2 Å². The first-order valence-electron chi connectivity index (χ1n) is 5.39. The van der Waals surface area contributed by atoms with Crippen molar-refractivity contribution < 1.29 is 14.1 Å². The molecule has 8 heteroatoms. The predicted molar refractivity (Wildman–Crippen MR) is 74.6 cm³/mol. The number of benzene rings is 1. The smallest absolute Gasteiger partial charge is 0.271 e. The number of amides is 1. The van der Waals surface area contributed by atoms with Gasteiger partial charge in [-0.3, -0.25) is 14.9 Å². The third kappa shape index (κ3) is 3.51. The number of carbonyl (C=O) groups excluding carboxylic acids is 1. The standard InChI is InChI=1S/C12H8BrN3O4/c13-11-6-5-10(20-11)7-14-15-12(17)8-1-3-9(4-2-8)16(18)19/h1-7H,(H,15,17)/b14-7-. The number of rotatable bonds is 4. The molecule has 0 saturated heterocycles. The van der Waals surface area contributed by atoms with Crippen LogP contribution < -0.4 is 5.43 Å². The summed E-state index contributed by atoms with van der Waals surface area (Å²) in [6.07, 6.45) is 1.34. The SMILES string of the molecule is O=C(N/N=C\c1ccc(Br)o1)c1ccc([N+](=O)[O-])cc1. The van der Waals surface area contributed by atoms with Gasteiger partial charge in [0.25, 0.3) is 11.6 Å². The molecule has 0 fully saturated rings. The molecular weight excluding hydrogens is 330 g/mol. The molecule has 0 atom stereocenters. The minimum absolute atomic E-state index is 0.0783. The summed E-state index contributed by atoms with van der Waals surface area (Å²) in [5.41, 5.74) is 2.48. The number of nitro groups is 1. The summed E-state index contributed by atoms with van der Waals surface area (Å²) >= 11 is 3.14. The maximum atomic E-state index is 11.7. The van der Waals surface area contributed by atoms with Gasteiger partial charge in [0.1, 0.15) is 5.76 Å². The number of halogens is 1. The highest BCUT2D eigenvalue weighted by Crippen LogP contribution is 2.13. The van der Waals surface area contributed by atoms with Crippen molar-refractivity contribution in [2.24, 2.45) is 5.10 Å². The minimum Gasteiger partial charge on any atom is -0.448 e. The molecule has 1 N–H and O–H groups in total. The number of hydrogen-bond acceptors (Lipinski definition) is 5. The molecule has 1 heterocycles. The molecule has 102 valence electrons. The first kappa shape index (κ1) is 13.9. The van der Waals surface area contributed by atoms with Crippen LogP contribution in [0.15, 0.2) is 50.6 Å². The fourth-order valence-corrected chi connectivity index (χ4v) is 1.67. The van der Waals surface area contributed by atoms with E-state index in [1.165, 1.54) is 30.5 Å². The quantitative estimate of drug-likeness (QED) is 0.526. The van der Waals surface area contributed by atoms with E-state index in [2.05, 4.69) is 26.5 Å². The Balaban J connectivity index is 1.98. The van der Waals surface area contributed by atoms with Crippen LogP contribution in [0.3, 0.4) is 0 Å². The summed E-state index contributed by atoms with van der Waals surface area (Å²) in [5, 5.41) is 14.2. The van der Waals surface area contributed by atoms with Crippen molar-refractivity contribution in [1.82, 2.24) is 5.43 Å². The lowest BCUT2D eigenvalue weighted by molar-refractivity contribution is -0.384. The predicted octanol–water partition coefficient (Wildman–Crippen LogP) is 2.71. The molecule has 0 aliphatic rings. The second kappa shape index (κ2) is 6.11. The molecule has 1 aromatic carbocycles. The number of nitrogens with zero attached hydrogens (tertiary/aromatic N) is 2. The van der Waals surface area contributed by atoms with Crippen LogP contribution >= 0.6 is 15.9 Å². The Kier molecular flexibility index (Phi) is 4.26. The molecule has 0 unspecified atom stereocenters. The van der Waals surface area contributed by atoms with Gasteiger partial charge in [0, 0.05) is 17.7 Å². The van der Waals surface area contributed by atoms with Crippen LogP contribution in [0.1, 0.15) is 16.1 Å². The third-order valence-electron chi connectivity index (χ3n) is 2.29. The molecule has 20 heavy (non-hydrogen) atoms. The van der Waals surface area contributed by atoms with Crippen LogP contribution in [0, 0.1) is 10.1 Å². The summed E-state index contributed by atoms with van der Waals surface area (Å²) in [7, 11) is 0. The number of nitro benzene ring substituents is 1. The molecule has 1 amide bonds. The van der Waals surface area contributed by atoms with Gasteiger partial charge < -0.3 is 4.42 Å². The minimum atomic E-state index is -0.533. The zero-order valence-corrected chi connectivity index (χ0v) is 11.5. The molecule has 0 spiro atoms. The number of non-ortho nitro benzene ring substituents is 1. The van der Waals surface area contributed by atoms with E-state index in [0.717, 1.165) is 0 Å². The fraction of sp³-hybridized carbons (Fsp3) is 0. The first-order valence-corrected chi connectivity index (χ1v) is 6.19. The van der Waals surface area contributed by atoms with Crippen LogP contribution in [0.4, 0.5) is 5.69 Å². The Morgan fingerprint density at radius 3 is 2.55 bits per heavy atom. The van der Waals surface area contributed by atoms with Crippen molar-refractivity contribution in [2.75, 3.05) is 0 Å². The van der Waals surface area contributed by atoms with Crippen LogP contribution in [0.2, 0.25) is 0 Å². The van der Waals surface area contributed by atoms with Crippen LogP contribution in [-0.4, -0.2) is 17.0 Å². The van der Waals surface area contributed by atoms with Crippen LogP contribution in [0.5, 0.6) is 0 Å². The maximum Gasteiger partial charge on any atom is 0.271 e. The average molecular weight is 338 g/mol. The van der Waals surface area contributed by atoms with Crippen LogP contribution in [0.25, 0.3) is 0 Å². The summed E-state index contributed by atoms with van der Waals surface area (Å²) in [4.78, 5) is 21.6. The maximum absolute atomic E-state index is 11.7. The van der Waals surface area contributed by atoms with E-state index in [4.69, 9.17) is 4.42 Å². The molecule has 0 aliphatic carbocycles. The Hall–Kier alpha value is -2.48. The van der Waals surface area contributed by atoms with E-state index in [9.17, 15) is 14.9 Å². The summed E-state index contributed by atoms with van der Waals surface area (Å²) < 4.78 is 5.71. The van der Waals surface area contributed by atoms with E-state index in [0.29, 0.717) is 10.4 Å². The van der Waals surface area contributed by atoms with Gasteiger partial charge in [-0.2, -0.15) is 5.10 Å². The monoisotopic (exact) mass is 337 g/mol. The van der Waals surface area contributed by atoms with E-state index in [1.807, 2.05) is 0 Å². The molecule has 1 aromatic heterocycles. The lowest BCUT2D eigenvalue weighted by Gasteiger charge is -1.98. The molecular formula is C12H8BrN3O4. The fourth-order valence-electron chi connectivity index (χ4n) is 1.35. The highest BCUT2D eigenvalue weighted by Gasteiger charge is 2.08. The van der Waals surface area contributed by atoms with Gasteiger partial charge in [0.05, 0.1) is 11.1 Å². The highest BCUT2D eigenvalue weighted by atomic mass is 79.9. The highest BCUT2D eigenvalue weighted by molar-refractivity contribution is 9.10. The Morgan fingerprint density at radius 2 is 2.00 bits per heavy atom. The van der Waals surface area contributed by atoms with E-state index >= 15 is 0 Å². The Morgan fingerprint density at radius 1 is 1.30 bits per heavy atom. The molecule has 0 bridgehead atoms. The molecule has 7 nitrogen and oxygen atoms in total. The first-order chi connectivity index (χ1) is 9.56.